The van der Waals surface area contributed by atoms with Gasteiger partial charge in [-0.1, -0.05) is 55.6 Å². The number of nitrogens with one attached hydrogen (secondary N) is 3. The summed E-state index contributed by atoms with van der Waals surface area (Å²) in [6.45, 7) is 7.25. The van der Waals surface area contributed by atoms with Gasteiger partial charge in [0.25, 0.3) is 17.7 Å². The Morgan fingerprint density at radius 1 is 0.636 bits per heavy atom. The highest BCUT2D eigenvalue weighted by atomic mass is 16.2. The molecule has 0 saturated heterocycles. The van der Waals surface area contributed by atoms with E-state index in [1.54, 1.807) is 54.6 Å². The fraction of sp³-hybridized carbons (Fsp3) is 0. The number of benzene rings is 3. The monoisotopic (exact) mass is 437 g/mol. The molecule has 3 amide bonds. The number of allylic oxidation sites excluding steroid dienone is 3. The molecule has 0 unspecified atom stereocenters. The highest BCUT2D eigenvalue weighted by Gasteiger charge is 2.17. The summed E-state index contributed by atoms with van der Waals surface area (Å²) in [5, 5.41) is 8.22. The maximum atomic E-state index is 12.9. The maximum Gasteiger partial charge on any atom is 0.255 e. The van der Waals surface area contributed by atoms with E-state index in [2.05, 4.69) is 29.1 Å². The van der Waals surface area contributed by atoms with Gasteiger partial charge in [0.05, 0.1) is 0 Å². The van der Waals surface area contributed by atoms with Gasteiger partial charge in [-0.3, -0.25) is 14.4 Å². The molecule has 3 rings (SSSR count). The summed E-state index contributed by atoms with van der Waals surface area (Å²) in [5.74, 6) is -1.39. The minimum absolute atomic E-state index is 0.144. The number of rotatable bonds is 8. The third-order valence-electron chi connectivity index (χ3n) is 4.56. The summed E-state index contributed by atoms with van der Waals surface area (Å²) < 4.78 is 0. The van der Waals surface area contributed by atoms with Crippen molar-refractivity contribution in [2.24, 2.45) is 0 Å². The van der Waals surface area contributed by atoms with Crippen LogP contribution in [0.3, 0.4) is 0 Å². The van der Waals surface area contributed by atoms with Crippen molar-refractivity contribution in [3.63, 3.8) is 0 Å². The van der Waals surface area contributed by atoms with E-state index >= 15 is 0 Å². The minimum atomic E-state index is -0.494. The summed E-state index contributed by atoms with van der Waals surface area (Å²) in [5.41, 5.74) is 2.09. The van der Waals surface area contributed by atoms with Gasteiger partial charge in [0.1, 0.15) is 0 Å². The predicted octanol–water partition coefficient (Wildman–Crippen LogP) is 5.18. The van der Waals surface area contributed by atoms with Gasteiger partial charge in [0.15, 0.2) is 0 Å². The van der Waals surface area contributed by atoms with E-state index in [9.17, 15) is 14.4 Å². The van der Waals surface area contributed by atoms with E-state index < -0.39 is 17.7 Å². The molecular formula is C27H23N3O3. The van der Waals surface area contributed by atoms with E-state index in [4.69, 9.17) is 0 Å². The SMILES string of the molecule is C=C/C=C(\C=C)NC(=O)c1cc(C(=O)Nc2ccccc2)cc(C(=O)Nc2ccccc2)c1. The lowest BCUT2D eigenvalue weighted by atomic mass is 10.0. The van der Waals surface area contributed by atoms with Crippen LogP contribution >= 0.6 is 0 Å². The first-order valence-electron chi connectivity index (χ1n) is 10.1. The standard InChI is InChI=1S/C27H23N3O3/c1-3-11-22(4-2)28-25(31)19-16-20(26(32)29-23-12-7-5-8-13-23)18-21(17-19)27(33)30-24-14-9-6-10-15-24/h3-18H,1-2H2,(H,28,31)(H,29,32)(H,30,33)/b22-11+. The molecule has 0 radical (unpaired) electrons. The second-order valence-electron chi connectivity index (χ2n) is 6.96. The molecule has 6 heteroatoms. The molecule has 0 aliphatic carbocycles. The molecule has 0 saturated carbocycles. The third kappa shape index (κ3) is 6.38. The average molecular weight is 437 g/mol. The van der Waals surface area contributed by atoms with Crippen LogP contribution in [0, 0.1) is 0 Å². The maximum absolute atomic E-state index is 12.9. The quantitative estimate of drug-likeness (QED) is 0.425. The largest absolute Gasteiger partial charge is 0.322 e. The van der Waals surface area contributed by atoms with E-state index in [-0.39, 0.29) is 16.7 Å². The van der Waals surface area contributed by atoms with Crippen LogP contribution in [-0.4, -0.2) is 17.7 Å². The van der Waals surface area contributed by atoms with Crippen LogP contribution < -0.4 is 16.0 Å². The highest BCUT2D eigenvalue weighted by molar-refractivity contribution is 6.11. The number of carbonyl (C=O) groups is 3. The van der Waals surface area contributed by atoms with E-state index in [1.807, 2.05) is 12.1 Å². The number of hydrogen-bond donors (Lipinski definition) is 3. The van der Waals surface area contributed by atoms with Crippen molar-refractivity contribution in [2.45, 2.75) is 0 Å². The van der Waals surface area contributed by atoms with Gasteiger partial charge < -0.3 is 16.0 Å². The number of hydrogen-bond acceptors (Lipinski definition) is 3. The third-order valence-corrected chi connectivity index (χ3v) is 4.56. The zero-order valence-electron chi connectivity index (χ0n) is 17.9. The average Bonchev–Trinajstić information content (AvgIpc) is 2.84. The first kappa shape index (κ1) is 23.0. The van der Waals surface area contributed by atoms with Crippen molar-refractivity contribution < 1.29 is 14.4 Å². The lowest BCUT2D eigenvalue weighted by molar-refractivity contribution is 0.0967. The Morgan fingerprint density at radius 2 is 1.06 bits per heavy atom. The number of carbonyl (C=O) groups excluding carboxylic acids is 3. The normalized spacial score (nSPS) is 10.6. The summed E-state index contributed by atoms with van der Waals surface area (Å²) in [6, 6.07) is 22.1. The lowest BCUT2D eigenvalue weighted by Crippen LogP contribution is -2.24. The highest BCUT2D eigenvalue weighted by Crippen LogP contribution is 2.16. The Hall–Kier alpha value is -4.71. The Labute approximate surface area is 192 Å². The summed E-state index contributed by atoms with van der Waals surface area (Å²) in [6.07, 6.45) is 4.56. The van der Waals surface area contributed by atoms with Gasteiger partial charge in [0, 0.05) is 33.8 Å². The summed E-state index contributed by atoms with van der Waals surface area (Å²) >= 11 is 0. The Kier molecular flexibility index (Phi) is 7.70. The first-order valence-corrected chi connectivity index (χ1v) is 10.1. The Morgan fingerprint density at radius 3 is 1.45 bits per heavy atom. The van der Waals surface area contributed by atoms with Crippen LogP contribution in [-0.2, 0) is 0 Å². The Balaban J connectivity index is 1.95. The molecule has 164 valence electrons. The molecule has 0 aromatic heterocycles. The van der Waals surface area contributed by atoms with Gasteiger partial charge in [-0.15, -0.1) is 0 Å². The molecule has 3 N–H and O–H groups in total. The minimum Gasteiger partial charge on any atom is -0.322 e. The molecular weight excluding hydrogens is 414 g/mol. The smallest absolute Gasteiger partial charge is 0.255 e. The van der Waals surface area contributed by atoms with Gasteiger partial charge >= 0.3 is 0 Å². The van der Waals surface area contributed by atoms with Gasteiger partial charge in [-0.2, -0.15) is 0 Å². The molecule has 0 atom stereocenters. The molecule has 3 aromatic rings. The number of anilines is 2. The second kappa shape index (κ2) is 11.1. The van der Waals surface area contributed by atoms with Crippen LogP contribution in [0.5, 0.6) is 0 Å². The molecule has 0 heterocycles. The zero-order valence-corrected chi connectivity index (χ0v) is 17.9. The second-order valence-corrected chi connectivity index (χ2v) is 6.96. The lowest BCUT2D eigenvalue weighted by Gasteiger charge is -2.12. The zero-order chi connectivity index (χ0) is 23.6. The molecule has 0 fully saturated rings. The van der Waals surface area contributed by atoms with Crippen molar-refractivity contribution in [3.8, 4) is 0 Å². The van der Waals surface area contributed by atoms with E-state index in [1.165, 1.54) is 30.4 Å². The molecule has 0 aliphatic rings. The molecule has 3 aromatic carbocycles. The summed E-state index contributed by atoms with van der Waals surface area (Å²) in [4.78, 5) is 38.6. The van der Waals surface area contributed by atoms with Crippen molar-refractivity contribution in [3.05, 3.63) is 133 Å². The fourth-order valence-electron chi connectivity index (χ4n) is 2.96. The molecule has 0 spiro atoms. The fourth-order valence-corrected chi connectivity index (χ4v) is 2.96. The van der Waals surface area contributed by atoms with Crippen molar-refractivity contribution in [1.29, 1.82) is 0 Å². The summed E-state index contributed by atoms with van der Waals surface area (Å²) in [7, 11) is 0. The van der Waals surface area contributed by atoms with Gasteiger partial charge in [-0.05, 0) is 54.6 Å². The van der Waals surface area contributed by atoms with Gasteiger partial charge in [0.2, 0.25) is 0 Å². The van der Waals surface area contributed by atoms with Crippen molar-refractivity contribution in [2.75, 3.05) is 10.6 Å². The van der Waals surface area contributed by atoms with Gasteiger partial charge in [-0.25, -0.2) is 0 Å². The molecule has 6 nitrogen and oxygen atoms in total. The van der Waals surface area contributed by atoms with Crippen molar-refractivity contribution >= 4 is 29.1 Å². The molecule has 0 aliphatic heterocycles. The van der Waals surface area contributed by atoms with Crippen LogP contribution in [0.2, 0.25) is 0 Å². The predicted molar refractivity (Wildman–Crippen MR) is 131 cm³/mol. The van der Waals surface area contributed by atoms with Crippen LogP contribution in [0.15, 0.2) is 116 Å². The van der Waals surface area contributed by atoms with Crippen LogP contribution in [0.1, 0.15) is 31.1 Å². The topological polar surface area (TPSA) is 87.3 Å². The first-order chi connectivity index (χ1) is 16.0. The Bertz CT molecular complexity index is 1140. The van der Waals surface area contributed by atoms with Crippen LogP contribution in [0.4, 0.5) is 11.4 Å². The molecule has 0 bridgehead atoms. The van der Waals surface area contributed by atoms with Crippen molar-refractivity contribution in [1.82, 2.24) is 5.32 Å². The van der Waals surface area contributed by atoms with E-state index in [0.29, 0.717) is 17.1 Å². The molecule has 33 heavy (non-hydrogen) atoms. The van der Waals surface area contributed by atoms with E-state index in [0.717, 1.165) is 0 Å². The number of para-hydroxylation sites is 2. The number of amides is 3. The van der Waals surface area contributed by atoms with Crippen LogP contribution in [0.25, 0.3) is 0 Å².